The van der Waals surface area contributed by atoms with Gasteiger partial charge in [0, 0.05) is 0 Å². The van der Waals surface area contributed by atoms with Crippen molar-refractivity contribution in [2.45, 2.75) is 76.0 Å². The highest BCUT2D eigenvalue weighted by Crippen LogP contribution is 2.06. The Balaban J connectivity index is 5.39. The van der Waals surface area contributed by atoms with E-state index in [4.69, 9.17) is 22.3 Å². The van der Waals surface area contributed by atoms with Gasteiger partial charge < -0.3 is 43.4 Å². The van der Waals surface area contributed by atoms with Gasteiger partial charge in [-0.15, -0.1) is 0 Å². The summed E-state index contributed by atoms with van der Waals surface area (Å²) in [6, 6.07) is -4.76. The van der Waals surface area contributed by atoms with Crippen molar-refractivity contribution in [3.8, 4) is 0 Å². The molecule has 0 spiro atoms. The van der Waals surface area contributed by atoms with Gasteiger partial charge in [0.05, 0.1) is 12.5 Å². The van der Waals surface area contributed by atoms with Crippen molar-refractivity contribution in [1.82, 2.24) is 16.0 Å². The average molecular weight is 461 g/mol. The maximum absolute atomic E-state index is 12.7. The standard InChI is InChI=1S/C19H36N6O7/c1-11(22)16(28)25-14(10-15(26)27)18(30)23-12(6-2-4-8-20)17(29)24-13(19(31)32)7-3-5-9-21/h11-14H,2-10,20-22H2,1H3,(H,23,30)(H,24,29)(H,25,28)(H,26,27)(H,31,32). The third-order valence-corrected chi connectivity index (χ3v) is 4.57. The lowest BCUT2D eigenvalue weighted by molar-refractivity contribution is -0.143. The molecule has 0 aromatic rings. The summed E-state index contributed by atoms with van der Waals surface area (Å²) in [5.74, 6) is -4.94. The molecule has 4 unspecified atom stereocenters. The number of carboxylic acids is 2. The van der Waals surface area contributed by atoms with Crippen LogP contribution in [0.3, 0.4) is 0 Å². The first kappa shape index (κ1) is 29.2. The minimum absolute atomic E-state index is 0.144. The van der Waals surface area contributed by atoms with Crippen molar-refractivity contribution in [2.75, 3.05) is 13.1 Å². The number of amides is 3. The first-order valence-corrected chi connectivity index (χ1v) is 10.5. The van der Waals surface area contributed by atoms with Crippen molar-refractivity contribution >= 4 is 29.7 Å². The van der Waals surface area contributed by atoms with E-state index in [9.17, 15) is 29.1 Å². The van der Waals surface area contributed by atoms with Crippen LogP contribution < -0.4 is 33.2 Å². The lowest BCUT2D eigenvalue weighted by atomic mass is 10.0. The van der Waals surface area contributed by atoms with Gasteiger partial charge in [-0.1, -0.05) is 0 Å². The molecule has 184 valence electrons. The van der Waals surface area contributed by atoms with E-state index >= 15 is 0 Å². The molecule has 11 N–H and O–H groups in total. The first-order chi connectivity index (χ1) is 15.0. The molecule has 32 heavy (non-hydrogen) atoms. The largest absolute Gasteiger partial charge is 0.481 e. The Morgan fingerprint density at radius 1 is 0.719 bits per heavy atom. The van der Waals surface area contributed by atoms with Crippen LogP contribution >= 0.6 is 0 Å². The van der Waals surface area contributed by atoms with Crippen molar-refractivity contribution in [1.29, 1.82) is 0 Å². The number of nitrogens with two attached hydrogens (primary N) is 3. The topological polar surface area (TPSA) is 240 Å². The Morgan fingerprint density at radius 3 is 1.59 bits per heavy atom. The van der Waals surface area contributed by atoms with Crippen LogP contribution in [-0.4, -0.2) is 77.1 Å². The van der Waals surface area contributed by atoms with Crippen LogP contribution in [0.15, 0.2) is 0 Å². The van der Waals surface area contributed by atoms with Gasteiger partial charge in [0.25, 0.3) is 0 Å². The highest BCUT2D eigenvalue weighted by Gasteiger charge is 2.30. The van der Waals surface area contributed by atoms with Crippen LogP contribution in [0.5, 0.6) is 0 Å². The maximum Gasteiger partial charge on any atom is 0.326 e. The average Bonchev–Trinajstić information content (AvgIpc) is 2.71. The van der Waals surface area contributed by atoms with E-state index in [-0.39, 0.29) is 12.8 Å². The van der Waals surface area contributed by atoms with Gasteiger partial charge in [0.2, 0.25) is 17.7 Å². The van der Waals surface area contributed by atoms with Crippen LogP contribution in [0.1, 0.15) is 51.9 Å². The monoisotopic (exact) mass is 460 g/mol. The molecule has 0 fully saturated rings. The summed E-state index contributed by atoms with van der Waals surface area (Å²) >= 11 is 0. The smallest absolute Gasteiger partial charge is 0.326 e. The van der Waals surface area contributed by atoms with Gasteiger partial charge in [-0.3, -0.25) is 19.2 Å². The SMILES string of the molecule is CC(N)C(=O)NC(CC(=O)O)C(=O)NC(CCCCN)C(=O)NC(CCCCN)C(=O)O. The molecule has 13 heteroatoms. The number of unbranched alkanes of at least 4 members (excludes halogenated alkanes) is 2. The summed E-state index contributed by atoms with van der Waals surface area (Å²) in [5, 5.41) is 25.5. The molecule has 0 aromatic heterocycles. The van der Waals surface area contributed by atoms with Crippen molar-refractivity contribution < 1.29 is 34.2 Å². The minimum Gasteiger partial charge on any atom is -0.481 e. The molecular weight excluding hydrogens is 424 g/mol. The second-order valence-corrected chi connectivity index (χ2v) is 7.48. The van der Waals surface area contributed by atoms with Gasteiger partial charge in [-0.2, -0.15) is 0 Å². The van der Waals surface area contributed by atoms with Crippen molar-refractivity contribution in [2.24, 2.45) is 17.2 Å². The van der Waals surface area contributed by atoms with E-state index in [0.29, 0.717) is 38.8 Å². The summed E-state index contributed by atoms with van der Waals surface area (Å²) < 4.78 is 0. The summed E-state index contributed by atoms with van der Waals surface area (Å²) in [6.45, 7) is 2.10. The van der Waals surface area contributed by atoms with Crippen LogP contribution in [0.25, 0.3) is 0 Å². The summed E-state index contributed by atoms with van der Waals surface area (Å²) in [6.07, 6.45) is 1.67. The normalized spacial score (nSPS) is 14.5. The van der Waals surface area contributed by atoms with Crippen molar-refractivity contribution in [3.05, 3.63) is 0 Å². The number of rotatable bonds is 17. The third kappa shape index (κ3) is 12.2. The zero-order valence-corrected chi connectivity index (χ0v) is 18.3. The molecule has 0 aliphatic heterocycles. The van der Waals surface area contributed by atoms with E-state index in [1.54, 1.807) is 0 Å². The molecule has 0 saturated carbocycles. The minimum atomic E-state index is -1.46. The predicted octanol–water partition coefficient (Wildman–Crippen LogP) is -2.39. The fraction of sp³-hybridized carbons (Fsp3) is 0.737. The Kier molecular flexibility index (Phi) is 14.6. The van der Waals surface area contributed by atoms with E-state index < -0.39 is 60.2 Å². The number of carboxylic acid groups (broad SMARTS) is 2. The summed E-state index contributed by atoms with van der Waals surface area (Å²) in [5.41, 5.74) is 16.3. The lowest BCUT2D eigenvalue weighted by Crippen LogP contribution is -2.57. The molecule has 3 amide bonds. The number of carbonyl (C=O) groups excluding carboxylic acids is 3. The molecule has 0 aliphatic rings. The second-order valence-electron chi connectivity index (χ2n) is 7.48. The number of nitrogens with one attached hydrogen (secondary N) is 3. The van der Waals surface area contributed by atoms with Crippen LogP contribution in [0.4, 0.5) is 0 Å². The second kappa shape index (κ2) is 15.9. The molecule has 0 bridgehead atoms. The number of hydrogen-bond acceptors (Lipinski definition) is 8. The van der Waals surface area contributed by atoms with Crippen LogP contribution in [0.2, 0.25) is 0 Å². The Morgan fingerprint density at radius 2 is 1.16 bits per heavy atom. The Labute approximate surface area is 186 Å². The zero-order chi connectivity index (χ0) is 24.7. The fourth-order valence-electron chi connectivity index (χ4n) is 2.74. The lowest BCUT2D eigenvalue weighted by Gasteiger charge is -2.24. The zero-order valence-electron chi connectivity index (χ0n) is 18.3. The van der Waals surface area contributed by atoms with E-state index in [0.717, 1.165) is 0 Å². The van der Waals surface area contributed by atoms with Gasteiger partial charge in [0.15, 0.2) is 0 Å². The highest BCUT2D eigenvalue weighted by molar-refractivity contribution is 5.95. The Bertz CT molecular complexity index is 644. The van der Waals surface area contributed by atoms with E-state index in [1.165, 1.54) is 6.92 Å². The fourth-order valence-corrected chi connectivity index (χ4v) is 2.74. The molecule has 13 nitrogen and oxygen atoms in total. The van der Waals surface area contributed by atoms with E-state index in [1.807, 2.05) is 0 Å². The highest BCUT2D eigenvalue weighted by atomic mass is 16.4. The van der Waals surface area contributed by atoms with E-state index in [2.05, 4.69) is 16.0 Å². The number of hydrogen-bond donors (Lipinski definition) is 8. The number of carbonyl (C=O) groups is 5. The third-order valence-electron chi connectivity index (χ3n) is 4.57. The molecule has 0 aromatic carbocycles. The molecule has 0 radical (unpaired) electrons. The summed E-state index contributed by atoms with van der Waals surface area (Å²) in [7, 11) is 0. The first-order valence-electron chi connectivity index (χ1n) is 10.5. The van der Waals surface area contributed by atoms with Gasteiger partial charge >= 0.3 is 11.9 Å². The van der Waals surface area contributed by atoms with Crippen LogP contribution in [-0.2, 0) is 24.0 Å². The molecular formula is C19H36N6O7. The van der Waals surface area contributed by atoms with Gasteiger partial charge in [-0.05, 0) is 58.5 Å². The molecule has 0 aliphatic carbocycles. The Hall–Kier alpha value is -2.77. The van der Waals surface area contributed by atoms with Gasteiger partial charge in [-0.25, -0.2) is 4.79 Å². The quantitative estimate of drug-likeness (QED) is 0.107. The van der Waals surface area contributed by atoms with Crippen LogP contribution in [0, 0.1) is 0 Å². The molecule has 4 atom stereocenters. The van der Waals surface area contributed by atoms with Gasteiger partial charge in [0.1, 0.15) is 18.1 Å². The molecule has 0 heterocycles. The number of aliphatic carboxylic acids is 2. The summed E-state index contributed by atoms with van der Waals surface area (Å²) in [4.78, 5) is 59.8. The molecule has 0 rings (SSSR count). The van der Waals surface area contributed by atoms with Crippen molar-refractivity contribution in [3.63, 3.8) is 0 Å². The molecule has 0 saturated heterocycles. The predicted molar refractivity (Wildman–Crippen MR) is 115 cm³/mol. The maximum atomic E-state index is 12.7.